The van der Waals surface area contributed by atoms with Crippen molar-refractivity contribution in [1.82, 2.24) is 24.7 Å². The highest BCUT2D eigenvalue weighted by atomic mass is 19.4. The Bertz CT molecular complexity index is 1120. The van der Waals surface area contributed by atoms with Crippen LogP contribution in [0.2, 0.25) is 0 Å². The number of halogens is 3. The third-order valence-corrected chi connectivity index (χ3v) is 6.25. The first kappa shape index (κ1) is 24.1. The Morgan fingerprint density at radius 1 is 1.29 bits per heavy atom. The summed E-state index contributed by atoms with van der Waals surface area (Å²) in [5.74, 6) is -1.59. The molecule has 0 radical (unpaired) electrons. The number of hydrogen-bond acceptors (Lipinski definition) is 5. The van der Waals surface area contributed by atoms with Crippen LogP contribution >= 0.6 is 0 Å². The minimum Gasteiger partial charge on any atom is -0.378 e. The van der Waals surface area contributed by atoms with E-state index < -0.39 is 24.0 Å². The van der Waals surface area contributed by atoms with Crippen molar-refractivity contribution in [1.29, 1.82) is 0 Å². The number of rotatable bonds is 7. The summed E-state index contributed by atoms with van der Waals surface area (Å²) in [4.78, 5) is 25.7. The van der Waals surface area contributed by atoms with Gasteiger partial charge in [-0.3, -0.25) is 14.2 Å². The highest BCUT2D eigenvalue weighted by Crippen LogP contribution is 2.36. The highest BCUT2D eigenvalue weighted by molar-refractivity contribution is 5.98. The number of imidazole rings is 1. The second-order valence-corrected chi connectivity index (χ2v) is 8.71. The number of carbonyl (C=O) groups excluding carboxylic acids is 1. The molecule has 1 atom stereocenters. The molecule has 1 unspecified atom stereocenters. The molecular weight excluding hydrogens is 447 g/mol. The number of alkyl halides is 3. The molecule has 0 aliphatic heterocycles. The van der Waals surface area contributed by atoms with Gasteiger partial charge in [0, 0.05) is 30.3 Å². The molecule has 1 amide bonds. The van der Waals surface area contributed by atoms with Crippen LogP contribution in [0.5, 0.6) is 0 Å². The average Bonchev–Trinajstić information content (AvgIpc) is 3.26. The van der Waals surface area contributed by atoms with Crippen molar-refractivity contribution in [2.75, 3.05) is 6.61 Å². The lowest BCUT2D eigenvalue weighted by Crippen LogP contribution is -2.51. The number of amides is 1. The molecule has 1 aliphatic carbocycles. The lowest BCUT2D eigenvalue weighted by Gasteiger charge is -2.35. The molecule has 0 aromatic carbocycles. The Morgan fingerprint density at radius 3 is 2.71 bits per heavy atom. The van der Waals surface area contributed by atoms with Gasteiger partial charge in [-0.15, -0.1) is 0 Å². The minimum absolute atomic E-state index is 0.0176. The SMILES string of the molecule is CCCOC1CCC(C(NC(=O)c2ncn3c(C)cc(-c4cccnc4)nc23)C(F)(F)F)CC1. The molecule has 0 spiro atoms. The predicted molar refractivity (Wildman–Crippen MR) is 120 cm³/mol. The Balaban J connectivity index is 1.56. The van der Waals surface area contributed by atoms with Crippen LogP contribution in [0.25, 0.3) is 16.9 Å². The van der Waals surface area contributed by atoms with E-state index in [4.69, 9.17) is 4.74 Å². The van der Waals surface area contributed by atoms with Gasteiger partial charge in [-0.25, -0.2) is 9.97 Å². The summed E-state index contributed by atoms with van der Waals surface area (Å²) in [5, 5.41) is 2.23. The Kier molecular flexibility index (Phi) is 7.16. The second-order valence-electron chi connectivity index (χ2n) is 8.71. The van der Waals surface area contributed by atoms with E-state index in [1.807, 2.05) is 26.0 Å². The maximum Gasteiger partial charge on any atom is 0.408 e. The zero-order chi connectivity index (χ0) is 24.3. The van der Waals surface area contributed by atoms with Gasteiger partial charge in [-0.05, 0) is 63.1 Å². The molecule has 1 N–H and O–H groups in total. The maximum atomic E-state index is 14.0. The Morgan fingerprint density at radius 2 is 2.06 bits per heavy atom. The largest absolute Gasteiger partial charge is 0.408 e. The van der Waals surface area contributed by atoms with Crippen LogP contribution in [-0.2, 0) is 4.74 Å². The summed E-state index contributed by atoms with van der Waals surface area (Å²) < 4.78 is 49.2. The van der Waals surface area contributed by atoms with Crippen molar-refractivity contribution < 1.29 is 22.7 Å². The van der Waals surface area contributed by atoms with E-state index in [1.165, 1.54) is 6.33 Å². The normalized spacial score (nSPS) is 19.8. The zero-order valence-electron chi connectivity index (χ0n) is 19.2. The van der Waals surface area contributed by atoms with Crippen molar-refractivity contribution in [2.45, 2.75) is 64.3 Å². The fraction of sp³-hybridized carbons (Fsp3) is 0.500. The standard InChI is InChI=1S/C24H28F3N5O2/c1-3-11-34-18-8-6-16(7-9-18)21(24(25,26)27)31-23(33)20-22-30-19(17-5-4-10-28-13-17)12-15(2)32(22)14-29-20/h4-5,10,12-14,16,18,21H,3,6-9,11H2,1-2H3,(H,31,33). The fourth-order valence-corrected chi connectivity index (χ4v) is 4.49. The lowest BCUT2D eigenvalue weighted by molar-refractivity contribution is -0.169. The van der Waals surface area contributed by atoms with Gasteiger partial charge in [0.15, 0.2) is 11.3 Å². The summed E-state index contributed by atoms with van der Waals surface area (Å²) in [7, 11) is 0. The number of pyridine rings is 1. The van der Waals surface area contributed by atoms with Gasteiger partial charge in [-0.1, -0.05) is 6.92 Å². The van der Waals surface area contributed by atoms with E-state index in [-0.39, 0.29) is 17.4 Å². The average molecular weight is 476 g/mol. The fourth-order valence-electron chi connectivity index (χ4n) is 4.49. The topological polar surface area (TPSA) is 81.4 Å². The molecule has 1 fully saturated rings. The molecule has 7 nitrogen and oxygen atoms in total. The molecule has 182 valence electrons. The van der Waals surface area contributed by atoms with Crippen molar-refractivity contribution in [2.24, 2.45) is 5.92 Å². The predicted octanol–water partition coefficient (Wildman–Crippen LogP) is 4.75. The summed E-state index contributed by atoms with van der Waals surface area (Å²) in [6, 6.07) is 3.44. The van der Waals surface area contributed by atoms with E-state index in [9.17, 15) is 18.0 Å². The van der Waals surface area contributed by atoms with E-state index in [0.29, 0.717) is 38.0 Å². The number of nitrogens with zero attached hydrogens (tertiary/aromatic N) is 4. The van der Waals surface area contributed by atoms with Gasteiger partial charge in [-0.2, -0.15) is 13.2 Å². The molecule has 4 rings (SSSR count). The number of fused-ring (bicyclic) bond motifs is 1. The smallest absolute Gasteiger partial charge is 0.378 e. The third kappa shape index (κ3) is 5.22. The molecule has 1 saturated carbocycles. The first-order valence-electron chi connectivity index (χ1n) is 11.5. The van der Waals surface area contributed by atoms with Gasteiger partial charge in [0.25, 0.3) is 5.91 Å². The first-order valence-corrected chi connectivity index (χ1v) is 11.5. The van der Waals surface area contributed by atoms with Crippen molar-refractivity contribution in [3.8, 4) is 11.3 Å². The first-order chi connectivity index (χ1) is 16.3. The molecule has 10 heteroatoms. The van der Waals surface area contributed by atoms with E-state index in [2.05, 4.69) is 20.3 Å². The van der Waals surface area contributed by atoms with Crippen molar-refractivity contribution >= 4 is 11.6 Å². The summed E-state index contributed by atoms with van der Waals surface area (Å²) in [6.45, 7) is 4.42. The van der Waals surface area contributed by atoms with Crippen LogP contribution in [-0.4, -0.2) is 50.2 Å². The maximum absolute atomic E-state index is 14.0. The van der Waals surface area contributed by atoms with Crippen LogP contribution in [0.3, 0.4) is 0 Å². The van der Waals surface area contributed by atoms with Crippen LogP contribution in [0.15, 0.2) is 36.9 Å². The minimum atomic E-state index is -4.57. The Hall–Kier alpha value is -3.01. The van der Waals surface area contributed by atoms with Gasteiger partial charge in [0.1, 0.15) is 12.4 Å². The highest BCUT2D eigenvalue weighted by Gasteiger charge is 2.47. The number of aromatic nitrogens is 4. The van der Waals surface area contributed by atoms with Gasteiger partial charge < -0.3 is 10.1 Å². The van der Waals surface area contributed by atoms with Gasteiger partial charge >= 0.3 is 6.18 Å². The number of hydrogen-bond donors (Lipinski definition) is 1. The summed E-state index contributed by atoms with van der Waals surface area (Å²) in [5.41, 5.74) is 2.10. The summed E-state index contributed by atoms with van der Waals surface area (Å²) >= 11 is 0. The van der Waals surface area contributed by atoms with E-state index in [1.54, 1.807) is 22.9 Å². The monoisotopic (exact) mass is 475 g/mol. The van der Waals surface area contributed by atoms with Crippen LogP contribution in [0.4, 0.5) is 13.2 Å². The van der Waals surface area contributed by atoms with Gasteiger partial charge in [0.2, 0.25) is 0 Å². The number of ether oxygens (including phenoxy) is 1. The van der Waals surface area contributed by atoms with Crippen molar-refractivity contribution in [3.05, 3.63) is 48.3 Å². The second kappa shape index (κ2) is 10.1. The molecule has 3 aromatic rings. The summed E-state index contributed by atoms with van der Waals surface area (Å²) in [6.07, 6.45) is 2.73. The lowest BCUT2D eigenvalue weighted by atomic mass is 9.82. The zero-order valence-corrected chi connectivity index (χ0v) is 19.2. The molecule has 34 heavy (non-hydrogen) atoms. The van der Waals surface area contributed by atoms with E-state index in [0.717, 1.165) is 17.7 Å². The molecule has 0 saturated heterocycles. The third-order valence-electron chi connectivity index (χ3n) is 6.25. The quantitative estimate of drug-likeness (QED) is 0.534. The van der Waals surface area contributed by atoms with Crippen LogP contribution in [0, 0.1) is 12.8 Å². The molecular formula is C24H28F3N5O2. The molecule has 1 aliphatic rings. The van der Waals surface area contributed by atoms with Gasteiger partial charge in [0.05, 0.1) is 11.8 Å². The number of nitrogens with one attached hydrogen (secondary N) is 1. The van der Waals surface area contributed by atoms with E-state index >= 15 is 0 Å². The van der Waals surface area contributed by atoms with Crippen LogP contribution in [0.1, 0.15) is 55.2 Å². The van der Waals surface area contributed by atoms with Crippen LogP contribution < -0.4 is 5.32 Å². The number of carbonyl (C=O) groups is 1. The number of aryl methyl sites for hydroxylation is 1. The molecule has 3 aromatic heterocycles. The Labute approximate surface area is 195 Å². The molecule has 3 heterocycles. The molecule has 0 bridgehead atoms. The van der Waals surface area contributed by atoms with Crippen molar-refractivity contribution in [3.63, 3.8) is 0 Å².